The lowest BCUT2D eigenvalue weighted by molar-refractivity contribution is -0.153. The summed E-state index contributed by atoms with van der Waals surface area (Å²) in [5, 5.41) is 12.3. The lowest BCUT2D eigenvalue weighted by Crippen LogP contribution is -2.06. The molecule has 1 aromatic carbocycles. The van der Waals surface area contributed by atoms with Crippen LogP contribution in [0.2, 0.25) is 0 Å². The summed E-state index contributed by atoms with van der Waals surface area (Å²) in [5.41, 5.74) is 0.837. The van der Waals surface area contributed by atoms with E-state index in [9.17, 15) is 18.4 Å². The highest BCUT2D eigenvalue weighted by Crippen LogP contribution is 2.43. The molecule has 0 fully saturated rings. The van der Waals surface area contributed by atoms with Gasteiger partial charge in [0.2, 0.25) is 11.5 Å². The fourth-order valence-corrected chi connectivity index (χ4v) is 5.76. The second-order valence-electron chi connectivity index (χ2n) is 7.02. The van der Waals surface area contributed by atoms with Gasteiger partial charge in [-0.25, -0.2) is 15.0 Å². The molecular weight excluding hydrogens is 549 g/mol. The average molecular weight is 567 g/mol. The highest BCUT2D eigenvalue weighted by Gasteiger charge is 2.37. The van der Waals surface area contributed by atoms with Crippen LogP contribution in [0.5, 0.6) is 17.2 Å². The Morgan fingerprint density at radius 3 is 2.41 bits per heavy atom. The number of nitriles is 1. The van der Waals surface area contributed by atoms with Crippen LogP contribution in [-0.2, 0) is 11.9 Å². The van der Waals surface area contributed by atoms with Crippen LogP contribution < -0.4 is 14.2 Å². The minimum atomic E-state index is -4.63. The molecule has 0 aliphatic carbocycles. The van der Waals surface area contributed by atoms with Gasteiger partial charge >= 0.3 is 6.18 Å². The lowest BCUT2D eigenvalue weighted by atomic mass is 10.1. The van der Waals surface area contributed by atoms with Crippen LogP contribution in [0.25, 0.3) is 11.3 Å². The molecule has 0 aliphatic heterocycles. The smallest absolute Gasteiger partial charge is 0.449 e. The van der Waals surface area contributed by atoms with E-state index >= 15 is 0 Å². The number of thiazole rings is 1. The number of aromatic nitrogens is 3. The van der Waals surface area contributed by atoms with Crippen LogP contribution in [-0.4, -0.2) is 36.3 Å². The van der Waals surface area contributed by atoms with Crippen molar-refractivity contribution < 1.29 is 31.8 Å². The van der Waals surface area contributed by atoms with E-state index in [1.807, 2.05) is 0 Å². The molecule has 4 aromatic rings. The largest absolute Gasteiger partial charge is 0.493 e. The molecule has 8 nitrogen and oxygen atoms in total. The molecule has 0 saturated heterocycles. The maximum atomic E-state index is 13.3. The molecule has 0 radical (unpaired) electrons. The van der Waals surface area contributed by atoms with Crippen molar-refractivity contribution in [2.75, 3.05) is 21.3 Å². The lowest BCUT2D eigenvalue weighted by Gasteiger charge is -2.15. The number of halogens is 3. The Morgan fingerprint density at radius 2 is 1.84 bits per heavy atom. The molecule has 3 heterocycles. The first-order valence-corrected chi connectivity index (χ1v) is 12.9. The van der Waals surface area contributed by atoms with Gasteiger partial charge < -0.3 is 18.6 Å². The first kappa shape index (κ1) is 26.6. The Morgan fingerprint density at radius 1 is 1.11 bits per heavy atom. The number of benzene rings is 1. The Balaban J connectivity index is 1.82. The highest BCUT2D eigenvalue weighted by atomic mass is 32.2. The van der Waals surface area contributed by atoms with Crippen molar-refractivity contribution in [1.29, 1.82) is 5.26 Å². The van der Waals surface area contributed by atoms with Gasteiger partial charge in [-0.3, -0.25) is 0 Å². The van der Waals surface area contributed by atoms with Crippen molar-refractivity contribution in [2.45, 2.75) is 26.5 Å². The molecule has 0 atom stereocenters. The SMILES string of the molecule is COc1cc(-c2nc(SCc3ccoc3C(F)(F)F)nc(Sc3nccs3)c2C#N)cc(OC)c1OC. The molecular formula is C23H17F3N4O4S3. The predicted molar refractivity (Wildman–Crippen MR) is 131 cm³/mol. The number of methoxy groups -OCH3 is 3. The molecule has 0 aliphatic rings. The molecule has 37 heavy (non-hydrogen) atoms. The molecule has 192 valence electrons. The summed E-state index contributed by atoms with van der Waals surface area (Å²) >= 11 is 3.50. The minimum Gasteiger partial charge on any atom is -0.493 e. The summed E-state index contributed by atoms with van der Waals surface area (Å²) in [4.78, 5) is 13.2. The fourth-order valence-electron chi connectivity index (χ4n) is 3.27. The van der Waals surface area contributed by atoms with Gasteiger partial charge in [0.1, 0.15) is 16.7 Å². The number of furan rings is 1. The van der Waals surface area contributed by atoms with Crippen molar-refractivity contribution in [3.63, 3.8) is 0 Å². The molecule has 4 rings (SSSR count). The molecule has 0 unspecified atom stereocenters. The third-order valence-electron chi connectivity index (χ3n) is 4.86. The maximum absolute atomic E-state index is 13.3. The first-order chi connectivity index (χ1) is 17.8. The van der Waals surface area contributed by atoms with E-state index in [2.05, 4.69) is 25.4 Å². The summed E-state index contributed by atoms with van der Waals surface area (Å²) in [6.07, 6.45) is -2.02. The Kier molecular flexibility index (Phi) is 8.16. The van der Waals surface area contributed by atoms with Gasteiger partial charge in [0, 0.05) is 28.5 Å². The van der Waals surface area contributed by atoms with Gasteiger partial charge in [-0.15, -0.1) is 11.3 Å². The third-order valence-corrected chi connectivity index (χ3v) is 7.63. The Bertz CT molecular complexity index is 1410. The zero-order chi connectivity index (χ0) is 26.6. The summed E-state index contributed by atoms with van der Waals surface area (Å²) in [7, 11) is 4.38. The second-order valence-corrected chi connectivity index (χ2v) is 10.1. The van der Waals surface area contributed by atoms with E-state index in [1.54, 1.807) is 23.7 Å². The van der Waals surface area contributed by atoms with Gasteiger partial charge in [-0.1, -0.05) is 11.8 Å². The van der Waals surface area contributed by atoms with E-state index in [-0.39, 0.29) is 27.7 Å². The summed E-state index contributed by atoms with van der Waals surface area (Å²) in [6, 6.07) is 6.67. The standard InChI is InChI=1S/C23H17F3N4O4S3/c1-31-15-8-13(9-16(32-2)18(15)33-3)17-14(10-27)20(37-22-28-5-7-35-22)30-21(29-17)36-11-12-4-6-34-19(12)23(24,25)26/h4-9H,11H2,1-3H3. The maximum Gasteiger partial charge on any atom is 0.449 e. The number of hydrogen-bond acceptors (Lipinski definition) is 11. The first-order valence-electron chi connectivity index (χ1n) is 10.2. The van der Waals surface area contributed by atoms with Crippen LogP contribution in [0.4, 0.5) is 13.2 Å². The van der Waals surface area contributed by atoms with Gasteiger partial charge in [0.25, 0.3) is 0 Å². The van der Waals surface area contributed by atoms with Crippen LogP contribution in [0, 0.1) is 11.3 Å². The number of rotatable bonds is 9. The molecule has 0 saturated carbocycles. The van der Waals surface area contributed by atoms with Crippen molar-refractivity contribution in [1.82, 2.24) is 15.0 Å². The van der Waals surface area contributed by atoms with E-state index in [4.69, 9.17) is 14.2 Å². The second kappa shape index (κ2) is 11.3. The van der Waals surface area contributed by atoms with Crippen LogP contribution >= 0.6 is 34.9 Å². The van der Waals surface area contributed by atoms with Crippen molar-refractivity contribution in [2.24, 2.45) is 0 Å². The van der Waals surface area contributed by atoms with E-state index in [0.717, 1.165) is 29.8 Å². The van der Waals surface area contributed by atoms with Crippen LogP contribution in [0.3, 0.4) is 0 Å². The number of nitrogens with zero attached hydrogens (tertiary/aromatic N) is 4. The van der Waals surface area contributed by atoms with Crippen LogP contribution in [0.1, 0.15) is 16.9 Å². The summed E-state index contributed by atoms with van der Waals surface area (Å²) in [6.45, 7) is 0. The van der Waals surface area contributed by atoms with Gasteiger partial charge in [-0.2, -0.15) is 18.4 Å². The minimum absolute atomic E-state index is 0.0473. The number of thioether (sulfide) groups is 1. The summed E-state index contributed by atoms with van der Waals surface area (Å²) in [5.74, 6) is -0.136. The van der Waals surface area contributed by atoms with E-state index in [0.29, 0.717) is 32.2 Å². The van der Waals surface area contributed by atoms with Gasteiger partial charge in [0.15, 0.2) is 21.0 Å². The normalized spacial score (nSPS) is 11.3. The Hall–Kier alpha value is -3.41. The number of ether oxygens (including phenoxy) is 3. The van der Waals surface area contributed by atoms with Gasteiger partial charge in [-0.05, 0) is 30.0 Å². The molecule has 3 aromatic heterocycles. The topological polar surface area (TPSA) is 103 Å². The molecule has 0 spiro atoms. The third kappa shape index (κ3) is 5.79. The van der Waals surface area contributed by atoms with Crippen molar-refractivity contribution in [3.05, 3.63) is 52.9 Å². The monoisotopic (exact) mass is 566 g/mol. The zero-order valence-electron chi connectivity index (χ0n) is 19.5. The molecule has 0 amide bonds. The fraction of sp³-hybridized carbons (Fsp3) is 0.217. The Labute approximate surface area is 221 Å². The average Bonchev–Trinajstić information content (AvgIpc) is 3.58. The summed E-state index contributed by atoms with van der Waals surface area (Å²) < 4.78 is 61.3. The predicted octanol–water partition coefficient (Wildman–Crippen LogP) is 6.55. The zero-order valence-corrected chi connectivity index (χ0v) is 21.9. The van der Waals surface area contributed by atoms with E-state index in [1.165, 1.54) is 38.7 Å². The molecule has 0 bridgehead atoms. The van der Waals surface area contributed by atoms with Crippen LogP contribution in [0.15, 0.2) is 55.0 Å². The van der Waals surface area contributed by atoms with Crippen molar-refractivity contribution >= 4 is 34.9 Å². The highest BCUT2D eigenvalue weighted by molar-refractivity contribution is 8.01. The quantitative estimate of drug-likeness (QED) is 0.126. The number of hydrogen-bond donors (Lipinski definition) is 0. The van der Waals surface area contributed by atoms with Gasteiger partial charge in [0.05, 0.1) is 33.3 Å². The molecule has 14 heteroatoms. The van der Waals surface area contributed by atoms with Crippen molar-refractivity contribution in [3.8, 4) is 34.6 Å². The van der Waals surface area contributed by atoms with E-state index < -0.39 is 11.9 Å². The number of alkyl halides is 3. The molecule has 0 N–H and O–H groups in total.